The number of nitro benzene ring substituents is 1. The van der Waals surface area contributed by atoms with Crippen LogP contribution < -0.4 is 16.0 Å². The Morgan fingerprint density at radius 1 is 1.33 bits per heavy atom. The molecule has 0 unspecified atom stereocenters. The van der Waals surface area contributed by atoms with Crippen LogP contribution in [0.1, 0.15) is 19.3 Å². The zero-order chi connectivity index (χ0) is 13.4. The average molecular weight is 253 g/mol. The van der Waals surface area contributed by atoms with Crippen molar-refractivity contribution in [1.82, 2.24) is 5.43 Å². The molecule has 0 aliphatic rings. The summed E-state index contributed by atoms with van der Waals surface area (Å²) in [5, 5.41) is 10.4. The molecule has 7 nitrogen and oxygen atoms in total. The number of rotatable bonds is 7. The van der Waals surface area contributed by atoms with Gasteiger partial charge in [0.2, 0.25) is 5.91 Å². The fraction of sp³-hybridized carbons (Fsp3) is 0.364. The second kappa shape index (κ2) is 7.23. The lowest BCUT2D eigenvalue weighted by Crippen LogP contribution is -2.29. The number of carbonyl (C=O) groups excluding carboxylic acids is 1. The van der Waals surface area contributed by atoms with E-state index < -0.39 is 4.92 Å². The molecule has 0 aliphatic carbocycles. The Morgan fingerprint density at radius 2 is 2.00 bits per heavy atom. The van der Waals surface area contributed by atoms with Crippen LogP contribution in [0, 0.1) is 10.1 Å². The van der Waals surface area contributed by atoms with Crippen LogP contribution in [0.4, 0.5) is 5.69 Å². The minimum absolute atomic E-state index is 0.0296. The molecule has 0 saturated heterocycles. The Bertz CT molecular complexity index is 405. The van der Waals surface area contributed by atoms with Crippen molar-refractivity contribution in [3.05, 3.63) is 34.4 Å². The van der Waals surface area contributed by atoms with Crippen LogP contribution in [0.2, 0.25) is 0 Å². The molecular weight excluding hydrogens is 238 g/mol. The molecule has 3 N–H and O–H groups in total. The lowest BCUT2D eigenvalue weighted by atomic mass is 10.2. The Kier molecular flexibility index (Phi) is 5.59. The second-order valence-corrected chi connectivity index (χ2v) is 3.62. The van der Waals surface area contributed by atoms with Gasteiger partial charge in [-0.3, -0.25) is 20.3 Å². The quantitative estimate of drug-likeness (QED) is 0.249. The van der Waals surface area contributed by atoms with Crippen LogP contribution in [-0.4, -0.2) is 17.4 Å². The number of amides is 1. The molecule has 0 aromatic heterocycles. The molecule has 1 amide bonds. The number of nitrogens with two attached hydrogens (primary N) is 1. The number of carbonyl (C=O) groups is 1. The predicted molar refractivity (Wildman–Crippen MR) is 64.8 cm³/mol. The molecule has 1 aromatic rings. The van der Waals surface area contributed by atoms with Gasteiger partial charge < -0.3 is 4.74 Å². The molecule has 98 valence electrons. The van der Waals surface area contributed by atoms with E-state index in [1.807, 2.05) is 5.43 Å². The molecule has 0 heterocycles. The van der Waals surface area contributed by atoms with Gasteiger partial charge in [-0.25, -0.2) is 5.84 Å². The molecular formula is C11H15N3O4. The summed E-state index contributed by atoms with van der Waals surface area (Å²) in [5.41, 5.74) is 2.08. The number of hydrogen-bond donors (Lipinski definition) is 2. The molecule has 0 saturated carbocycles. The standard InChI is InChI=1S/C11H15N3O4/c12-13-11(15)3-1-2-8-18-10-6-4-9(5-7-10)14(16)17/h4-7H,1-3,8,12H2,(H,13,15). The van der Waals surface area contributed by atoms with Crippen molar-refractivity contribution in [1.29, 1.82) is 0 Å². The summed E-state index contributed by atoms with van der Waals surface area (Å²) < 4.78 is 5.37. The number of nitrogens with zero attached hydrogens (tertiary/aromatic N) is 1. The fourth-order valence-electron chi connectivity index (χ4n) is 1.31. The Balaban J connectivity index is 2.23. The Morgan fingerprint density at radius 3 is 2.56 bits per heavy atom. The first kappa shape index (κ1) is 13.9. The maximum Gasteiger partial charge on any atom is 0.269 e. The number of nitrogens with one attached hydrogen (secondary N) is 1. The number of unbranched alkanes of at least 4 members (excludes halogenated alkanes) is 1. The van der Waals surface area contributed by atoms with Crippen LogP contribution in [0.5, 0.6) is 5.75 Å². The van der Waals surface area contributed by atoms with Gasteiger partial charge in [0.1, 0.15) is 5.75 Å². The van der Waals surface area contributed by atoms with Crippen LogP contribution >= 0.6 is 0 Å². The summed E-state index contributed by atoms with van der Waals surface area (Å²) in [6.07, 6.45) is 1.75. The van der Waals surface area contributed by atoms with Gasteiger partial charge in [-0.2, -0.15) is 0 Å². The highest BCUT2D eigenvalue weighted by Gasteiger charge is 2.04. The van der Waals surface area contributed by atoms with Crippen LogP contribution in [0.15, 0.2) is 24.3 Å². The van der Waals surface area contributed by atoms with E-state index in [0.29, 0.717) is 31.6 Å². The summed E-state index contributed by atoms with van der Waals surface area (Å²) in [5.74, 6) is 5.30. The van der Waals surface area contributed by atoms with E-state index in [9.17, 15) is 14.9 Å². The van der Waals surface area contributed by atoms with E-state index in [1.54, 1.807) is 12.1 Å². The highest BCUT2D eigenvalue weighted by atomic mass is 16.6. The minimum atomic E-state index is -0.463. The minimum Gasteiger partial charge on any atom is -0.494 e. The summed E-state index contributed by atoms with van der Waals surface area (Å²) >= 11 is 0. The third kappa shape index (κ3) is 4.79. The van der Waals surface area contributed by atoms with Gasteiger partial charge in [0.25, 0.3) is 5.69 Å². The maximum atomic E-state index is 10.8. The summed E-state index contributed by atoms with van der Waals surface area (Å²) in [6, 6.07) is 5.86. The third-order valence-electron chi connectivity index (χ3n) is 2.28. The highest BCUT2D eigenvalue weighted by molar-refractivity contribution is 5.75. The van der Waals surface area contributed by atoms with Gasteiger partial charge in [-0.1, -0.05) is 0 Å². The zero-order valence-corrected chi connectivity index (χ0v) is 9.80. The molecule has 0 bridgehead atoms. The van der Waals surface area contributed by atoms with Crippen molar-refractivity contribution >= 4 is 11.6 Å². The van der Waals surface area contributed by atoms with Crippen molar-refractivity contribution in [3.63, 3.8) is 0 Å². The van der Waals surface area contributed by atoms with Crippen molar-refractivity contribution < 1.29 is 14.5 Å². The first-order valence-electron chi connectivity index (χ1n) is 5.50. The van der Waals surface area contributed by atoms with E-state index in [4.69, 9.17) is 10.6 Å². The van der Waals surface area contributed by atoms with Crippen molar-refractivity contribution in [2.45, 2.75) is 19.3 Å². The second-order valence-electron chi connectivity index (χ2n) is 3.62. The summed E-state index contributed by atoms with van der Waals surface area (Å²) in [4.78, 5) is 20.8. The Hall–Kier alpha value is -2.15. The number of ether oxygens (including phenoxy) is 1. The topological polar surface area (TPSA) is 107 Å². The lowest BCUT2D eigenvalue weighted by molar-refractivity contribution is -0.384. The van der Waals surface area contributed by atoms with E-state index >= 15 is 0 Å². The summed E-state index contributed by atoms with van der Waals surface area (Å²) in [7, 11) is 0. The van der Waals surface area contributed by atoms with Crippen LogP contribution in [-0.2, 0) is 4.79 Å². The lowest BCUT2D eigenvalue weighted by Gasteiger charge is -2.05. The fourth-order valence-corrected chi connectivity index (χ4v) is 1.31. The van der Waals surface area contributed by atoms with E-state index in [0.717, 1.165) is 0 Å². The number of benzene rings is 1. The highest BCUT2D eigenvalue weighted by Crippen LogP contribution is 2.17. The zero-order valence-electron chi connectivity index (χ0n) is 9.80. The smallest absolute Gasteiger partial charge is 0.269 e. The van der Waals surface area contributed by atoms with Crippen molar-refractivity contribution in [2.75, 3.05) is 6.61 Å². The first-order chi connectivity index (χ1) is 8.63. The van der Waals surface area contributed by atoms with E-state index in [-0.39, 0.29) is 11.6 Å². The van der Waals surface area contributed by atoms with Gasteiger partial charge in [0.15, 0.2) is 0 Å². The maximum absolute atomic E-state index is 10.8. The Labute approximate surface area is 104 Å². The summed E-state index contributed by atoms with van der Waals surface area (Å²) in [6.45, 7) is 0.454. The van der Waals surface area contributed by atoms with Crippen LogP contribution in [0.3, 0.4) is 0 Å². The third-order valence-corrected chi connectivity index (χ3v) is 2.28. The van der Waals surface area contributed by atoms with Crippen molar-refractivity contribution in [3.8, 4) is 5.75 Å². The number of hydrazine groups is 1. The number of nitro groups is 1. The number of hydrogen-bond acceptors (Lipinski definition) is 5. The predicted octanol–water partition coefficient (Wildman–Crippen LogP) is 1.13. The molecule has 7 heteroatoms. The molecule has 0 radical (unpaired) electrons. The van der Waals surface area contributed by atoms with Gasteiger partial charge in [0, 0.05) is 18.6 Å². The van der Waals surface area contributed by atoms with Gasteiger partial charge >= 0.3 is 0 Å². The van der Waals surface area contributed by atoms with Crippen LogP contribution in [0.25, 0.3) is 0 Å². The monoisotopic (exact) mass is 253 g/mol. The van der Waals surface area contributed by atoms with Gasteiger partial charge in [-0.05, 0) is 25.0 Å². The molecule has 0 spiro atoms. The normalized spacial score (nSPS) is 9.83. The average Bonchev–Trinajstić information content (AvgIpc) is 2.38. The largest absolute Gasteiger partial charge is 0.494 e. The molecule has 0 fully saturated rings. The van der Waals surface area contributed by atoms with Gasteiger partial charge in [0.05, 0.1) is 11.5 Å². The molecule has 0 aliphatic heterocycles. The molecule has 1 rings (SSSR count). The first-order valence-corrected chi connectivity index (χ1v) is 5.50. The molecule has 18 heavy (non-hydrogen) atoms. The van der Waals surface area contributed by atoms with E-state index in [2.05, 4.69) is 0 Å². The SMILES string of the molecule is NNC(=O)CCCCOc1ccc([N+](=O)[O-])cc1. The number of non-ortho nitro benzene ring substituents is 1. The van der Waals surface area contributed by atoms with Crippen molar-refractivity contribution in [2.24, 2.45) is 5.84 Å². The van der Waals surface area contributed by atoms with E-state index in [1.165, 1.54) is 12.1 Å². The molecule has 0 atom stereocenters. The van der Waals surface area contributed by atoms with Gasteiger partial charge in [-0.15, -0.1) is 0 Å². The molecule has 1 aromatic carbocycles.